The van der Waals surface area contributed by atoms with Gasteiger partial charge in [-0.1, -0.05) is 5.16 Å². The second kappa shape index (κ2) is 5.00. The third-order valence-corrected chi connectivity index (χ3v) is 2.61. The lowest BCUT2D eigenvalue weighted by Crippen LogP contribution is -2.24. The summed E-state index contributed by atoms with van der Waals surface area (Å²) in [6.07, 6.45) is 0. The fraction of sp³-hybridized carbons (Fsp3) is 0.333. The minimum absolute atomic E-state index is 0.146. The molecule has 0 spiro atoms. The number of ether oxygens (including phenoxy) is 1. The van der Waals surface area contributed by atoms with Crippen LogP contribution in [0.15, 0.2) is 28.8 Å². The molecule has 0 aliphatic rings. The first-order valence-corrected chi connectivity index (χ1v) is 6.27. The number of hydrogen-bond acceptors (Lipinski definition) is 5. The molecule has 0 bridgehead atoms. The second-order valence-electron chi connectivity index (χ2n) is 5.51. The molecule has 1 N–H and O–H groups in total. The van der Waals surface area contributed by atoms with Gasteiger partial charge < -0.3 is 14.4 Å². The molecule has 106 valence electrons. The molecule has 0 atom stereocenters. The van der Waals surface area contributed by atoms with Gasteiger partial charge in [-0.2, -0.15) is 0 Å². The highest BCUT2D eigenvalue weighted by Crippen LogP contribution is 2.28. The quantitative estimate of drug-likeness (QED) is 0.851. The summed E-state index contributed by atoms with van der Waals surface area (Å²) >= 11 is 0. The predicted molar refractivity (Wildman–Crippen MR) is 73.5 cm³/mol. The number of carbonyl (C=O) groups is 1. The van der Waals surface area contributed by atoms with Crippen LogP contribution >= 0.6 is 0 Å². The Morgan fingerprint density at radius 3 is 2.40 bits per heavy atom. The van der Waals surface area contributed by atoms with Crippen molar-refractivity contribution in [3.63, 3.8) is 0 Å². The van der Waals surface area contributed by atoms with E-state index in [2.05, 4.69) is 5.16 Å². The van der Waals surface area contributed by atoms with E-state index in [1.165, 1.54) is 12.1 Å². The predicted octanol–water partition coefficient (Wildman–Crippen LogP) is 3.31. The Labute approximate surface area is 117 Å². The van der Waals surface area contributed by atoms with Gasteiger partial charge in [-0.3, -0.25) is 0 Å². The SMILES string of the molecule is Cc1onc(-c2ccc(O)cc2)c1C(=O)OC(C)(C)C. The molecule has 0 unspecified atom stereocenters. The Morgan fingerprint density at radius 2 is 1.85 bits per heavy atom. The van der Waals surface area contributed by atoms with Crippen molar-refractivity contribution >= 4 is 5.97 Å². The van der Waals surface area contributed by atoms with Crippen LogP contribution in [0.2, 0.25) is 0 Å². The Bertz CT molecular complexity index is 620. The number of aromatic hydroxyl groups is 1. The van der Waals surface area contributed by atoms with Gasteiger partial charge in [0.25, 0.3) is 0 Å². The molecule has 0 amide bonds. The first kappa shape index (κ1) is 14.1. The number of aryl methyl sites for hydroxylation is 1. The average molecular weight is 275 g/mol. The fourth-order valence-corrected chi connectivity index (χ4v) is 1.76. The van der Waals surface area contributed by atoms with Crippen molar-refractivity contribution in [2.45, 2.75) is 33.3 Å². The van der Waals surface area contributed by atoms with Crippen molar-refractivity contribution in [2.75, 3.05) is 0 Å². The van der Waals surface area contributed by atoms with Crippen LogP contribution in [0.25, 0.3) is 11.3 Å². The van der Waals surface area contributed by atoms with Crippen LogP contribution < -0.4 is 0 Å². The molecular weight excluding hydrogens is 258 g/mol. The Hall–Kier alpha value is -2.30. The second-order valence-corrected chi connectivity index (χ2v) is 5.51. The summed E-state index contributed by atoms with van der Waals surface area (Å²) in [4.78, 5) is 12.2. The molecule has 0 aliphatic carbocycles. The maximum Gasteiger partial charge on any atom is 0.344 e. The van der Waals surface area contributed by atoms with Crippen molar-refractivity contribution in [3.8, 4) is 17.0 Å². The van der Waals surface area contributed by atoms with Crippen molar-refractivity contribution in [1.29, 1.82) is 0 Å². The first-order chi connectivity index (χ1) is 9.28. The molecule has 1 aromatic heterocycles. The van der Waals surface area contributed by atoms with Crippen molar-refractivity contribution in [2.24, 2.45) is 0 Å². The van der Waals surface area contributed by atoms with Crippen molar-refractivity contribution < 1.29 is 19.2 Å². The van der Waals surface area contributed by atoms with Gasteiger partial charge in [-0.05, 0) is 52.0 Å². The van der Waals surface area contributed by atoms with E-state index in [1.54, 1.807) is 39.8 Å². The fourth-order valence-electron chi connectivity index (χ4n) is 1.76. The minimum Gasteiger partial charge on any atom is -0.508 e. The molecule has 0 saturated carbocycles. The van der Waals surface area contributed by atoms with Crippen molar-refractivity contribution in [3.05, 3.63) is 35.6 Å². The summed E-state index contributed by atoms with van der Waals surface area (Å²) in [6, 6.07) is 6.39. The molecule has 5 nitrogen and oxygen atoms in total. The van der Waals surface area contributed by atoms with E-state index in [-0.39, 0.29) is 5.75 Å². The highest BCUT2D eigenvalue weighted by molar-refractivity contribution is 5.97. The molecule has 2 aromatic rings. The van der Waals surface area contributed by atoms with Crippen molar-refractivity contribution in [1.82, 2.24) is 5.16 Å². The summed E-state index contributed by atoms with van der Waals surface area (Å²) in [6.45, 7) is 7.06. The monoisotopic (exact) mass is 275 g/mol. The minimum atomic E-state index is -0.590. The molecule has 2 rings (SSSR count). The van der Waals surface area contributed by atoms with Gasteiger partial charge in [0, 0.05) is 5.56 Å². The van der Waals surface area contributed by atoms with E-state index in [9.17, 15) is 9.90 Å². The van der Waals surface area contributed by atoms with E-state index >= 15 is 0 Å². The molecule has 1 heterocycles. The van der Waals surface area contributed by atoms with Gasteiger partial charge in [-0.15, -0.1) is 0 Å². The van der Waals surface area contributed by atoms with Gasteiger partial charge in [0.05, 0.1) is 0 Å². The molecule has 0 saturated heterocycles. The lowest BCUT2D eigenvalue weighted by atomic mass is 10.1. The Morgan fingerprint density at radius 1 is 1.25 bits per heavy atom. The number of carbonyl (C=O) groups excluding carboxylic acids is 1. The third kappa shape index (κ3) is 2.99. The summed E-state index contributed by atoms with van der Waals surface area (Å²) in [5.74, 6) is 0.0782. The summed E-state index contributed by atoms with van der Waals surface area (Å²) in [5, 5.41) is 13.2. The number of phenols is 1. The van der Waals surface area contributed by atoms with Crippen LogP contribution in [0, 0.1) is 6.92 Å². The van der Waals surface area contributed by atoms with Crippen LogP contribution in [0.4, 0.5) is 0 Å². The third-order valence-electron chi connectivity index (χ3n) is 2.61. The molecule has 0 fully saturated rings. The molecule has 0 radical (unpaired) electrons. The van der Waals surface area contributed by atoms with E-state index in [4.69, 9.17) is 9.26 Å². The first-order valence-electron chi connectivity index (χ1n) is 6.27. The van der Waals surface area contributed by atoms with Gasteiger partial charge in [0.15, 0.2) is 0 Å². The largest absolute Gasteiger partial charge is 0.508 e. The Kier molecular flexibility index (Phi) is 3.53. The molecule has 0 aliphatic heterocycles. The maximum atomic E-state index is 12.2. The normalized spacial score (nSPS) is 11.4. The molecular formula is C15H17NO4. The number of nitrogens with zero attached hydrogens (tertiary/aromatic N) is 1. The Balaban J connectivity index is 2.42. The van der Waals surface area contributed by atoms with E-state index < -0.39 is 11.6 Å². The summed E-state index contributed by atoms with van der Waals surface area (Å²) < 4.78 is 10.5. The summed E-state index contributed by atoms with van der Waals surface area (Å²) in [5.41, 5.74) is 0.815. The average Bonchev–Trinajstić information content (AvgIpc) is 2.70. The van der Waals surface area contributed by atoms with Gasteiger partial charge in [0.2, 0.25) is 0 Å². The standard InChI is InChI=1S/C15H17NO4/c1-9-12(14(18)19-15(2,3)4)13(16-20-9)10-5-7-11(17)8-6-10/h5-8,17H,1-4H3. The zero-order chi connectivity index (χ0) is 14.9. The zero-order valence-electron chi connectivity index (χ0n) is 11.9. The van der Waals surface area contributed by atoms with Crippen LogP contribution in [0.1, 0.15) is 36.9 Å². The lowest BCUT2D eigenvalue weighted by Gasteiger charge is -2.19. The van der Waals surface area contributed by atoms with E-state index in [0.717, 1.165) is 0 Å². The number of phenolic OH excluding ortho intramolecular Hbond substituents is 1. The van der Waals surface area contributed by atoms with Crippen LogP contribution in [0.3, 0.4) is 0 Å². The molecule has 20 heavy (non-hydrogen) atoms. The highest BCUT2D eigenvalue weighted by Gasteiger charge is 2.26. The van der Waals surface area contributed by atoms with Gasteiger partial charge in [-0.25, -0.2) is 4.79 Å². The number of rotatable bonds is 2. The lowest BCUT2D eigenvalue weighted by molar-refractivity contribution is 0.00686. The number of benzene rings is 1. The van der Waals surface area contributed by atoms with Gasteiger partial charge in [0.1, 0.15) is 28.4 Å². The summed E-state index contributed by atoms with van der Waals surface area (Å²) in [7, 11) is 0. The number of esters is 1. The maximum absolute atomic E-state index is 12.2. The van der Waals surface area contributed by atoms with Crippen LogP contribution in [-0.4, -0.2) is 21.8 Å². The smallest absolute Gasteiger partial charge is 0.344 e. The molecule has 1 aromatic carbocycles. The topological polar surface area (TPSA) is 72.6 Å². The number of hydrogen-bond donors (Lipinski definition) is 1. The molecule has 5 heteroatoms. The van der Waals surface area contributed by atoms with Gasteiger partial charge >= 0.3 is 5.97 Å². The van der Waals surface area contributed by atoms with Crippen LogP contribution in [-0.2, 0) is 4.74 Å². The zero-order valence-corrected chi connectivity index (χ0v) is 11.9. The highest BCUT2D eigenvalue weighted by atomic mass is 16.6. The van der Waals surface area contributed by atoms with Crippen LogP contribution in [0.5, 0.6) is 5.75 Å². The van der Waals surface area contributed by atoms with E-state index in [1.807, 2.05) is 0 Å². The van der Waals surface area contributed by atoms with E-state index in [0.29, 0.717) is 22.6 Å². The number of aromatic nitrogens is 1.